The number of Topliss-reactive ketones (excluding diaryl/α,β-unsaturated/α-hetero) is 1. The van der Waals surface area contributed by atoms with Gasteiger partial charge in [-0.05, 0) is 43.7 Å². The van der Waals surface area contributed by atoms with Gasteiger partial charge in [0.1, 0.15) is 0 Å². The van der Waals surface area contributed by atoms with Crippen molar-refractivity contribution in [1.29, 1.82) is 0 Å². The van der Waals surface area contributed by atoms with Crippen LogP contribution in [0.1, 0.15) is 36.5 Å². The molecule has 1 aliphatic heterocycles. The van der Waals surface area contributed by atoms with E-state index in [9.17, 15) is 9.59 Å². The number of carbonyl (C=O) groups is 2. The molecule has 0 bridgehead atoms. The molecule has 0 spiro atoms. The van der Waals surface area contributed by atoms with Crippen molar-refractivity contribution in [2.75, 3.05) is 25.0 Å². The maximum atomic E-state index is 12.3. The van der Waals surface area contributed by atoms with Crippen LogP contribution in [0.25, 0.3) is 0 Å². The number of ketones is 1. The Balaban J connectivity index is 1.56. The molecule has 3 atom stereocenters. The fraction of sp³-hybridized carbons (Fsp3) is 0.556. The summed E-state index contributed by atoms with van der Waals surface area (Å²) in [4.78, 5) is 25.9. The van der Waals surface area contributed by atoms with Gasteiger partial charge in [-0.25, -0.2) is 0 Å². The molecular weight excluding hydrogens is 290 g/mol. The number of hydrogen-bond donors (Lipinski definition) is 2. The molecule has 1 amide bonds. The molecule has 2 fully saturated rings. The predicted octanol–water partition coefficient (Wildman–Crippen LogP) is 1.89. The minimum absolute atomic E-state index is 0.00120. The van der Waals surface area contributed by atoms with Gasteiger partial charge in [-0.1, -0.05) is 18.6 Å². The first-order valence-electron chi connectivity index (χ1n) is 8.41. The highest BCUT2D eigenvalue weighted by atomic mass is 16.2. The van der Waals surface area contributed by atoms with Gasteiger partial charge in [0.15, 0.2) is 5.78 Å². The number of likely N-dealkylation sites (tertiary alicyclic amines) is 1. The summed E-state index contributed by atoms with van der Waals surface area (Å²) in [5.41, 5.74) is 7.51. The number of fused-ring (bicyclic) bond motifs is 1. The van der Waals surface area contributed by atoms with Gasteiger partial charge in [-0.2, -0.15) is 0 Å². The molecule has 0 aromatic heterocycles. The van der Waals surface area contributed by atoms with E-state index in [2.05, 4.69) is 10.2 Å². The zero-order valence-electron chi connectivity index (χ0n) is 13.6. The molecule has 2 aliphatic rings. The van der Waals surface area contributed by atoms with E-state index in [1.54, 1.807) is 18.2 Å². The van der Waals surface area contributed by atoms with Crippen molar-refractivity contribution in [2.45, 2.75) is 32.2 Å². The highest BCUT2D eigenvalue weighted by Crippen LogP contribution is 2.35. The fourth-order valence-electron chi connectivity index (χ4n) is 3.96. The number of benzene rings is 1. The lowest BCUT2D eigenvalue weighted by atomic mass is 9.78. The number of nitrogens with one attached hydrogen (secondary N) is 1. The molecule has 1 heterocycles. The van der Waals surface area contributed by atoms with Crippen LogP contribution in [0.4, 0.5) is 5.69 Å². The van der Waals surface area contributed by atoms with Gasteiger partial charge < -0.3 is 11.1 Å². The Hall–Kier alpha value is -1.72. The minimum atomic E-state index is -0.0297. The average Bonchev–Trinajstić information content (AvgIpc) is 2.91. The highest BCUT2D eigenvalue weighted by molar-refractivity contribution is 5.97. The molecule has 5 nitrogen and oxygen atoms in total. The lowest BCUT2D eigenvalue weighted by molar-refractivity contribution is -0.117. The summed E-state index contributed by atoms with van der Waals surface area (Å²) in [6, 6.07) is 7.36. The van der Waals surface area contributed by atoms with E-state index in [0.717, 1.165) is 19.5 Å². The molecule has 3 unspecified atom stereocenters. The van der Waals surface area contributed by atoms with Gasteiger partial charge in [0.05, 0.1) is 6.54 Å². The zero-order valence-corrected chi connectivity index (χ0v) is 13.6. The van der Waals surface area contributed by atoms with Crippen LogP contribution in [0.2, 0.25) is 0 Å². The van der Waals surface area contributed by atoms with E-state index in [1.165, 1.54) is 19.8 Å². The van der Waals surface area contributed by atoms with Crippen LogP contribution in [-0.2, 0) is 4.79 Å². The summed E-state index contributed by atoms with van der Waals surface area (Å²) in [7, 11) is 0. The van der Waals surface area contributed by atoms with Crippen molar-refractivity contribution in [3.05, 3.63) is 29.8 Å². The molecule has 1 aromatic carbocycles. The standard InChI is InChI=1S/C18H25N3O2/c1-12(22)13-4-2-6-15(8-13)20-18(23)11-21-9-14-5-3-7-17(19)16(14)10-21/h2,4,6,8,14,16-17H,3,5,7,9-11,19H2,1H3,(H,20,23). The first-order chi connectivity index (χ1) is 11.0. The Labute approximate surface area is 137 Å². The van der Waals surface area contributed by atoms with Gasteiger partial charge in [-0.15, -0.1) is 0 Å². The van der Waals surface area contributed by atoms with Crippen molar-refractivity contribution < 1.29 is 9.59 Å². The average molecular weight is 315 g/mol. The van der Waals surface area contributed by atoms with Gasteiger partial charge in [0, 0.05) is 30.4 Å². The normalized spacial score (nSPS) is 27.5. The van der Waals surface area contributed by atoms with E-state index in [4.69, 9.17) is 5.73 Å². The number of nitrogens with zero attached hydrogens (tertiary/aromatic N) is 1. The van der Waals surface area contributed by atoms with Crippen LogP contribution in [-0.4, -0.2) is 42.3 Å². The molecule has 3 N–H and O–H groups in total. The monoisotopic (exact) mass is 315 g/mol. The Kier molecular flexibility index (Phi) is 4.78. The number of anilines is 1. The first-order valence-corrected chi connectivity index (χ1v) is 8.41. The summed E-state index contributed by atoms with van der Waals surface area (Å²) in [6.07, 6.45) is 3.55. The van der Waals surface area contributed by atoms with E-state index < -0.39 is 0 Å². The third kappa shape index (κ3) is 3.79. The van der Waals surface area contributed by atoms with Crippen molar-refractivity contribution in [2.24, 2.45) is 17.6 Å². The quantitative estimate of drug-likeness (QED) is 0.832. The molecular formula is C18H25N3O2. The Morgan fingerprint density at radius 3 is 2.87 bits per heavy atom. The second-order valence-electron chi connectivity index (χ2n) is 6.90. The molecule has 1 aliphatic carbocycles. The Morgan fingerprint density at radius 2 is 2.13 bits per heavy atom. The largest absolute Gasteiger partial charge is 0.327 e. The fourth-order valence-corrected chi connectivity index (χ4v) is 3.96. The molecule has 5 heteroatoms. The number of nitrogens with two attached hydrogens (primary N) is 1. The highest BCUT2D eigenvalue weighted by Gasteiger charge is 2.38. The van der Waals surface area contributed by atoms with Crippen molar-refractivity contribution in [1.82, 2.24) is 4.90 Å². The van der Waals surface area contributed by atoms with Gasteiger partial charge in [-0.3, -0.25) is 14.5 Å². The molecule has 1 saturated heterocycles. The first kappa shape index (κ1) is 16.1. The van der Waals surface area contributed by atoms with Crippen molar-refractivity contribution in [3.63, 3.8) is 0 Å². The number of carbonyl (C=O) groups excluding carboxylic acids is 2. The van der Waals surface area contributed by atoms with Gasteiger partial charge in [0.2, 0.25) is 5.91 Å². The minimum Gasteiger partial charge on any atom is -0.327 e. The van der Waals surface area contributed by atoms with E-state index in [-0.39, 0.29) is 17.7 Å². The summed E-state index contributed by atoms with van der Waals surface area (Å²) >= 11 is 0. The molecule has 1 aromatic rings. The number of amides is 1. The van der Waals surface area contributed by atoms with Gasteiger partial charge >= 0.3 is 0 Å². The van der Waals surface area contributed by atoms with E-state index >= 15 is 0 Å². The van der Waals surface area contributed by atoms with Crippen molar-refractivity contribution >= 4 is 17.4 Å². The SMILES string of the molecule is CC(=O)c1cccc(NC(=O)CN2CC3CCCC(N)C3C2)c1. The second-order valence-corrected chi connectivity index (χ2v) is 6.90. The molecule has 1 saturated carbocycles. The van der Waals surface area contributed by atoms with Gasteiger partial charge in [0.25, 0.3) is 0 Å². The molecule has 23 heavy (non-hydrogen) atoms. The van der Waals surface area contributed by atoms with E-state index in [1.807, 2.05) is 6.07 Å². The maximum absolute atomic E-state index is 12.3. The van der Waals surface area contributed by atoms with Crippen LogP contribution in [0.3, 0.4) is 0 Å². The van der Waals surface area contributed by atoms with Crippen LogP contribution in [0.5, 0.6) is 0 Å². The Bertz CT molecular complexity index is 602. The van der Waals surface area contributed by atoms with Crippen LogP contribution < -0.4 is 11.1 Å². The molecule has 0 radical (unpaired) electrons. The lowest BCUT2D eigenvalue weighted by Crippen LogP contribution is -2.38. The number of hydrogen-bond acceptors (Lipinski definition) is 4. The molecule has 3 rings (SSSR count). The smallest absolute Gasteiger partial charge is 0.238 e. The third-order valence-electron chi connectivity index (χ3n) is 5.15. The zero-order chi connectivity index (χ0) is 16.4. The number of rotatable bonds is 4. The third-order valence-corrected chi connectivity index (χ3v) is 5.15. The maximum Gasteiger partial charge on any atom is 0.238 e. The topological polar surface area (TPSA) is 75.4 Å². The van der Waals surface area contributed by atoms with Crippen LogP contribution in [0, 0.1) is 11.8 Å². The molecule has 124 valence electrons. The summed E-state index contributed by atoms with van der Waals surface area (Å²) in [5, 5.41) is 2.89. The summed E-state index contributed by atoms with van der Waals surface area (Å²) < 4.78 is 0. The second kappa shape index (κ2) is 6.81. The summed E-state index contributed by atoms with van der Waals surface area (Å²) in [5.74, 6) is 1.15. The van der Waals surface area contributed by atoms with Crippen LogP contribution in [0.15, 0.2) is 24.3 Å². The Morgan fingerprint density at radius 1 is 1.30 bits per heavy atom. The summed E-state index contributed by atoms with van der Waals surface area (Å²) in [6.45, 7) is 3.81. The predicted molar refractivity (Wildman–Crippen MR) is 90.3 cm³/mol. The van der Waals surface area contributed by atoms with Crippen LogP contribution >= 0.6 is 0 Å². The van der Waals surface area contributed by atoms with E-state index in [0.29, 0.717) is 29.6 Å². The van der Waals surface area contributed by atoms with Crippen molar-refractivity contribution in [3.8, 4) is 0 Å². The lowest BCUT2D eigenvalue weighted by Gasteiger charge is -2.29.